The molecule has 1 amide bonds. The highest BCUT2D eigenvalue weighted by Gasteiger charge is 2.28. The van der Waals surface area contributed by atoms with Crippen molar-refractivity contribution in [3.8, 4) is 11.3 Å². The lowest BCUT2D eigenvalue weighted by molar-refractivity contribution is 0.0879. The predicted octanol–water partition coefficient (Wildman–Crippen LogP) is 5.59. The fourth-order valence-corrected chi connectivity index (χ4v) is 5.47. The van der Waals surface area contributed by atoms with Gasteiger partial charge in [-0.25, -0.2) is 0 Å². The molecule has 0 aromatic carbocycles. The summed E-state index contributed by atoms with van der Waals surface area (Å²) >= 11 is 0. The monoisotopic (exact) mass is 435 g/mol. The van der Waals surface area contributed by atoms with Crippen LogP contribution in [0.3, 0.4) is 0 Å². The van der Waals surface area contributed by atoms with Gasteiger partial charge in [-0.1, -0.05) is 23.7 Å². The molecule has 3 heterocycles. The van der Waals surface area contributed by atoms with Crippen molar-refractivity contribution in [3.05, 3.63) is 53.6 Å². The summed E-state index contributed by atoms with van der Waals surface area (Å²) in [5, 5.41) is 6.93. The van der Waals surface area contributed by atoms with Crippen LogP contribution in [0.25, 0.3) is 11.3 Å². The Morgan fingerprint density at radius 3 is 2.84 bits per heavy atom. The fraction of sp³-hybridized carbons (Fsp3) is 0.538. The van der Waals surface area contributed by atoms with Crippen molar-refractivity contribution in [2.45, 2.75) is 70.4 Å². The fourth-order valence-electron chi connectivity index (χ4n) is 5.47. The molecule has 1 atom stereocenters. The third kappa shape index (κ3) is 4.75. The molecule has 0 radical (unpaired) electrons. The van der Waals surface area contributed by atoms with Crippen LogP contribution in [0.2, 0.25) is 0 Å². The maximum atomic E-state index is 12.3. The summed E-state index contributed by atoms with van der Waals surface area (Å²) in [6.45, 7) is 4.14. The van der Waals surface area contributed by atoms with E-state index in [2.05, 4.69) is 33.6 Å². The lowest BCUT2D eigenvalue weighted by Gasteiger charge is -2.37. The third-order valence-electron chi connectivity index (χ3n) is 7.31. The van der Waals surface area contributed by atoms with Crippen LogP contribution in [-0.4, -0.2) is 35.1 Å². The number of rotatable bonds is 6. The Balaban J connectivity index is 1.12. The summed E-state index contributed by atoms with van der Waals surface area (Å²) in [6, 6.07) is 10.9. The van der Waals surface area contributed by atoms with E-state index in [-0.39, 0.29) is 11.9 Å². The number of carbonyl (C=O) groups is 1. The molecule has 1 unspecified atom stereocenters. The smallest absolute Gasteiger partial charge is 0.290 e. The molecule has 4 aliphatic rings. The number of nitrogens with zero attached hydrogens (tertiary/aromatic N) is 2. The normalized spacial score (nSPS) is 24.6. The van der Waals surface area contributed by atoms with Crippen LogP contribution in [0.15, 0.2) is 45.5 Å². The highest BCUT2D eigenvalue weighted by atomic mass is 16.5. The number of nitrogens with one attached hydrogen (secondary N) is 1. The summed E-state index contributed by atoms with van der Waals surface area (Å²) in [4.78, 5) is 15.0. The Morgan fingerprint density at radius 2 is 2.03 bits per heavy atom. The molecule has 1 saturated carbocycles. The number of likely N-dealkylation sites (tertiary alicyclic amines) is 1. The molecule has 6 nitrogen and oxygen atoms in total. The Bertz CT molecular complexity index is 1000. The highest BCUT2D eigenvalue weighted by molar-refractivity contribution is 5.91. The zero-order valence-corrected chi connectivity index (χ0v) is 18.9. The van der Waals surface area contributed by atoms with Gasteiger partial charge in [-0.2, -0.15) is 0 Å². The Hall–Kier alpha value is -2.60. The van der Waals surface area contributed by atoms with E-state index in [0.29, 0.717) is 11.8 Å². The number of amides is 1. The van der Waals surface area contributed by atoms with Crippen molar-refractivity contribution in [2.24, 2.45) is 5.92 Å². The van der Waals surface area contributed by atoms with Gasteiger partial charge in [-0.3, -0.25) is 9.69 Å². The van der Waals surface area contributed by atoms with Crippen molar-refractivity contribution in [3.63, 3.8) is 0 Å². The predicted molar refractivity (Wildman–Crippen MR) is 123 cm³/mol. The molecule has 5 rings (SSSR count). The van der Waals surface area contributed by atoms with Crippen LogP contribution < -0.4 is 5.32 Å². The molecule has 2 aliphatic carbocycles. The van der Waals surface area contributed by atoms with E-state index in [4.69, 9.17) is 8.94 Å². The van der Waals surface area contributed by atoms with E-state index in [9.17, 15) is 4.79 Å². The third-order valence-corrected chi connectivity index (χ3v) is 7.31. The lowest BCUT2D eigenvalue weighted by Crippen LogP contribution is -2.38. The number of carbonyl (C=O) groups excluding carboxylic acids is 1. The molecule has 2 fully saturated rings. The molecule has 1 aromatic heterocycles. The summed E-state index contributed by atoms with van der Waals surface area (Å²) in [5.74, 6) is 1.88. The minimum Gasteiger partial charge on any atom is -0.464 e. The van der Waals surface area contributed by atoms with Gasteiger partial charge >= 0.3 is 0 Å². The molecule has 170 valence electrons. The van der Waals surface area contributed by atoms with Crippen LogP contribution in [-0.2, 0) is 0 Å². The molecule has 1 aromatic rings. The van der Waals surface area contributed by atoms with Crippen molar-refractivity contribution < 1.29 is 13.7 Å². The zero-order chi connectivity index (χ0) is 21.9. The van der Waals surface area contributed by atoms with E-state index in [0.717, 1.165) is 36.8 Å². The molecule has 0 spiro atoms. The maximum absolute atomic E-state index is 12.3. The average molecular weight is 436 g/mol. The Morgan fingerprint density at radius 1 is 1.16 bits per heavy atom. The van der Waals surface area contributed by atoms with Crippen molar-refractivity contribution in [1.29, 1.82) is 0 Å². The number of piperidine rings is 1. The van der Waals surface area contributed by atoms with Gasteiger partial charge in [0.25, 0.3) is 5.91 Å². The first kappa shape index (κ1) is 21.3. The van der Waals surface area contributed by atoms with Gasteiger partial charge in [0.05, 0.1) is 12.0 Å². The zero-order valence-electron chi connectivity index (χ0n) is 18.9. The van der Waals surface area contributed by atoms with E-state index < -0.39 is 0 Å². The van der Waals surface area contributed by atoms with E-state index in [1.165, 1.54) is 56.2 Å². The number of aryl methyl sites for hydroxylation is 1. The summed E-state index contributed by atoms with van der Waals surface area (Å²) in [6.07, 6.45) is 11.4. The highest BCUT2D eigenvalue weighted by Crippen LogP contribution is 2.36. The van der Waals surface area contributed by atoms with Crippen molar-refractivity contribution >= 4 is 5.91 Å². The molecule has 0 bridgehead atoms. The molecule has 32 heavy (non-hydrogen) atoms. The van der Waals surface area contributed by atoms with Gasteiger partial charge in [0.1, 0.15) is 5.76 Å². The maximum Gasteiger partial charge on any atom is 0.290 e. The lowest BCUT2D eigenvalue weighted by atomic mass is 9.83. The first-order chi connectivity index (χ1) is 15.7. The molecule has 1 N–H and O–H groups in total. The Labute approximate surface area is 189 Å². The Kier molecular flexibility index (Phi) is 6.30. The van der Waals surface area contributed by atoms with Crippen LogP contribution in [0.5, 0.6) is 0 Å². The number of hydrogen-bond acceptors (Lipinski definition) is 5. The standard InChI is InChI=1S/C26H33N3O3/c1-18-15-25(32-28-18)26(30)27-22-10-8-19(9-11-22)12-14-29-13-3-2-6-23(29)21-16-20-5-4-7-24(20)31-17-21/h4-5,7,15-17,19,22-23H,2-3,6,8-14H2,1H3,(H,27,30). The van der Waals surface area contributed by atoms with E-state index in [1.807, 2.05) is 19.3 Å². The minimum atomic E-state index is -0.141. The van der Waals surface area contributed by atoms with Crippen LogP contribution in [0, 0.1) is 12.8 Å². The molecular formula is C26H33N3O3. The largest absolute Gasteiger partial charge is 0.464 e. The molecule has 6 heteroatoms. The van der Waals surface area contributed by atoms with Crippen LogP contribution in [0.1, 0.15) is 79.2 Å². The second-order valence-electron chi connectivity index (χ2n) is 9.59. The SMILES string of the molecule is Cc1cc(C(=O)NC2CCC(CCN3CCCCC3c3coc4cccc-4c3)CC2)on1. The van der Waals surface area contributed by atoms with Crippen molar-refractivity contribution in [1.82, 2.24) is 15.4 Å². The quantitative estimate of drug-likeness (QED) is 0.547. The molecule has 2 aliphatic heterocycles. The van der Waals surface area contributed by atoms with Gasteiger partial charge in [-0.15, -0.1) is 0 Å². The second-order valence-corrected chi connectivity index (χ2v) is 9.59. The first-order valence-corrected chi connectivity index (χ1v) is 12.1. The summed E-state index contributed by atoms with van der Waals surface area (Å²) in [5.41, 5.74) is 3.25. The summed E-state index contributed by atoms with van der Waals surface area (Å²) < 4.78 is 11.0. The number of fused-ring (bicyclic) bond motifs is 1. The summed E-state index contributed by atoms with van der Waals surface area (Å²) in [7, 11) is 0. The first-order valence-electron chi connectivity index (χ1n) is 12.1. The average Bonchev–Trinajstić information content (AvgIpc) is 3.47. The molecular weight excluding hydrogens is 402 g/mol. The van der Waals surface area contributed by atoms with Crippen LogP contribution >= 0.6 is 0 Å². The van der Waals surface area contributed by atoms with Gasteiger partial charge < -0.3 is 14.3 Å². The van der Waals surface area contributed by atoms with Crippen molar-refractivity contribution in [2.75, 3.05) is 13.1 Å². The number of hydrogen-bond donors (Lipinski definition) is 1. The van der Waals surface area contributed by atoms with E-state index >= 15 is 0 Å². The van der Waals surface area contributed by atoms with Crippen LogP contribution in [0.4, 0.5) is 0 Å². The van der Waals surface area contributed by atoms with Gasteiger partial charge in [-0.05, 0) is 83.0 Å². The van der Waals surface area contributed by atoms with Gasteiger partial charge in [0.15, 0.2) is 0 Å². The molecule has 1 saturated heterocycles. The number of aromatic nitrogens is 1. The topological polar surface area (TPSA) is 71.5 Å². The minimum absolute atomic E-state index is 0.141. The van der Waals surface area contributed by atoms with Gasteiger partial charge in [0.2, 0.25) is 5.76 Å². The second kappa shape index (κ2) is 9.49. The van der Waals surface area contributed by atoms with E-state index in [1.54, 1.807) is 6.07 Å². The van der Waals surface area contributed by atoms with Gasteiger partial charge in [0, 0.05) is 29.3 Å².